The molecular weight excluding hydrogens is 321 g/mol. The average Bonchev–Trinajstić information content (AvgIpc) is 2.77. The Hall–Kier alpha value is -0.840. The third kappa shape index (κ3) is 2.76. The lowest BCUT2D eigenvalue weighted by atomic mass is 10.0. The van der Waals surface area contributed by atoms with Crippen molar-refractivity contribution in [3.05, 3.63) is 57.2 Å². The number of halogens is 3. The SMILES string of the molecule is CNC(Cc1cccc(Cl)c1F)c1occc1Br. The Balaban J connectivity index is 2.26. The first kappa shape index (κ1) is 13.6. The van der Waals surface area contributed by atoms with Crippen molar-refractivity contribution < 1.29 is 8.81 Å². The summed E-state index contributed by atoms with van der Waals surface area (Å²) in [5, 5.41) is 3.25. The van der Waals surface area contributed by atoms with E-state index in [9.17, 15) is 4.39 Å². The molecule has 1 atom stereocenters. The molecule has 1 unspecified atom stereocenters. The lowest BCUT2D eigenvalue weighted by Gasteiger charge is -2.15. The first-order valence-electron chi connectivity index (χ1n) is 5.46. The molecule has 5 heteroatoms. The van der Waals surface area contributed by atoms with Crippen molar-refractivity contribution in [2.45, 2.75) is 12.5 Å². The van der Waals surface area contributed by atoms with Crippen molar-refractivity contribution in [3.8, 4) is 0 Å². The lowest BCUT2D eigenvalue weighted by molar-refractivity contribution is 0.423. The Morgan fingerprint density at radius 1 is 1.44 bits per heavy atom. The Bertz CT molecular complexity index is 544. The standard InChI is InChI=1S/C13H12BrClFNO/c1-17-11(13-9(14)5-6-18-13)7-8-3-2-4-10(15)12(8)16/h2-6,11,17H,7H2,1H3. The number of likely N-dealkylation sites (N-methyl/N-ethyl adjacent to an activating group) is 1. The maximum Gasteiger partial charge on any atom is 0.145 e. The molecule has 0 aliphatic rings. The van der Waals surface area contributed by atoms with Crippen molar-refractivity contribution in [2.75, 3.05) is 7.05 Å². The number of hydrogen-bond donors (Lipinski definition) is 1. The minimum atomic E-state index is -0.373. The Labute approximate surface area is 118 Å². The molecule has 0 spiro atoms. The molecule has 0 radical (unpaired) electrons. The van der Waals surface area contributed by atoms with Crippen LogP contribution < -0.4 is 5.32 Å². The topological polar surface area (TPSA) is 25.2 Å². The molecule has 18 heavy (non-hydrogen) atoms. The van der Waals surface area contributed by atoms with E-state index in [-0.39, 0.29) is 16.9 Å². The van der Waals surface area contributed by atoms with Crippen LogP contribution in [0, 0.1) is 5.82 Å². The Morgan fingerprint density at radius 3 is 2.83 bits per heavy atom. The molecule has 2 rings (SSSR count). The van der Waals surface area contributed by atoms with E-state index < -0.39 is 0 Å². The number of furan rings is 1. The van der Waals surface area contributed by atoms with Crippen molar-refractivity contribution in [3.63, 3.8) is 0 Å². The van der Waals surface area contributed by atoms with Crippen LogP contribution in [0.2, 0.25) is 5.02 Å². The fourth-order valence-electron chi connectivity index (χ4n) is 1.81. The Morgan fingerprint density at radius 2 is 2.22 bits per heavy atom. The van der Waals surface area contributed by atoms with Crippen LogP contribution in [-0.2, 0) is 6.42 Å². The molecule has 0 fully saturated rings. The van der Waals surface area contributed by atoms with Crippen molar-refractivity contribution in [1.82, 2.24) is 5.32 Å². The molecule has 0 bridgehead atoms. The van der Waals surface area contributed by atoms with Gasteiger partial charge >= 0.3 is 0 Å². The highest BCUT2D eigenvalue weighted by atomic mass is 79.9. The fourth-order valence-corrected chi connectivity index (χ4v) is 2.48. The smallest absolute Gasteiger partial charge is 0.145 e. The summed E-state index contributed by atoms with van der Waals surface area (Å²) in [5.74, 6) is 0.374. The van der Waals surface area contributed by atoms with Crippen LogP contribution in [0.15, 0.2) is 39.4 Å². The highest BCUT2D eigenvalue weighted by Crippen LogP contribution is 2.28. The highest BCUT2D eigenvalue weighted by molar-refractivity contribution is 9.10. The van der Waals surface area contributed by atoms with Gasteiger partial charge in [0.1, 0.15) is 11.6 Å². The molecule has 0 saturated heterocycles. The third-order valence-corrected chi connectivity index (χ3v) is 3.71. The molecule has 1 N–H and O–H groups in total. The predicted molar refractivity (Wildman–Crippen MR) is 73.3 cm³/mol. The minimum absolute atomic E-state index is 0.109. The summed E-state index contributed by atoms with van der Waals surface area (Å²) in [7, 11) is 1.81. The lowest BCUT2D eigenvalue weighted by Crippen LogP contribution is -2.19. The summed E-state index contributed by atoms with van der Waals surface area (Å²) in [6.07, 6.45) is 2.06. The summed E-state index contributed by atoms with van der Waals surface area (Å²) in [5.41, 5.74) is 0.560. The van der Waals surface area contributed by atoms with Crippen LogP contribution in [0.3, 0.4) is 0 Å². The molecule has 1 heterocycles. The fraction of sp³-hybridized carbons (Fsp3) is 0.231. The number of benzene rings is 1. The van der Waals surface area contributed by atoms with E-state index in [0.717, 1.165) is 10.2 Å². The molecule has 0 aliphatic carbocycles. The number of nitrogens with one attached hydrogen (secondary N) is 1. The molecule has 1 aromatic heterocycles. The molecule has 2 aromatic rings. The zero-order valence-electron chi connectivity index (χ0n) is 9.71. The van der Waals surface area contributed by atoms with Crippen LogP contribution in [0.5, 0.6) is 0 Å². The van der Waals surface area contributed by atoms with Gasteiger partial charge in [0.25, 0.3) is 0 Å². The summed E-state index contributed by atoms with van der Waals surface area (Å²) >= 11 is 9.17. The van der Waals surface area contributed by atoms with Crippen molar-refractivity contribution in [1.29, 1.82) is 0 Å². The van der Waals surface area contributed by atoms with E-state index in [1.165, 1.54) is 6.07 Å². The van der Waals surface area contributed by atoms with Crippen LogP contribution in [0.1, 0.15) is 17.4 Å². The summed E-state index contributed by atoms with van der Waals surface area (Å²) in [6.45, 7) is 0. The van der Waals surface area contributed by atoms with E-state index >= 15 is 0 Å². The van der Waals surface area contributed by atoms with E-state index in [0.29, 0.717) is 12.0 Å². The monoisotopic (exact) mass is 331 g/mol. The van der Waals surface area contributed by atoms with Gasteiger partial charge in [0.2, 0.25) is 0 Å². The van der Waals surface area contributed by atoms with Gasteiger partial charge in [-0.05, 0) is 47.1 Å². The van der Waals surface area contributed by atoms with Crippen LogP contribution >= 0.6 is 27.5 Å². The number of rotatable bonds is 4. The average molecular weight is 333 g/mol. The van der Waals surface area contributed by atoms with Gasteiger partial charge in [-0.15, -0.1) is 0 Å². The van der Waals surface area contributed by atoms with E-state index in [4.69, 9.17) is 16.0 Å². The van der Waals surface area contributed by atoms with Gasteiger partial charge in [-0.25, -0.2) is 4.39 Å². The van der Waals surface area contributed by atoms with Gasteiger partial charge in [-0.1, -0.05) is 23.7 Å². The summed E-state index contributed by atoms with van der Waals surface area (Å²) in [6, 6.07) is 6.71. The maximum absolute atomic E-state index is 13.8. The molecular formula is C13H12BrClFNO. The molecule has 96 valence electrons. The minimum Gasteiger partial charge on any atom is -0.466 e. The molecule has 0 aliphatic heterocycles. The van der Waals surface area contributed by atoms with Gasteiger partial charge in [-0.2, -0.15) is 0 Å². The van der Waals surface area contributed by atoms with Crippen LogP contribution in [0.4, 0.5) is 4.39 Å². The van der Waals surface area contributed by atoms with Gasteiger partial charge in [0, 0.05) is 0 Å². The second-order valence-electron chi connectivity index (χ2n) is 3.89. The van der Waals surface area contributed by atoms with E-state index in [1.807, 2.05) is 13.1 Å². The maximum atomic E-state index is 13.8. The van der Waals surface area contributed by atoms with E-state index in [1.54, 1.807) is 18.4 Å². The normalized spacial score (nSPS) is 12.7. The van der Waals surface area contributed by atoms with Gasteiger partial charge < -0.3 is 9.73 Å². The summed E-state index contributed by atoms with van der Waals surface area (Å²) in [4.78, 5) is 0. The predicted octanol–water partition coefficient (Wildman–Crippen LogP) is 4.34. The highest BCUT2D eigenvalue weighted by Gasteiger charge is 2.19. The summed E-state index contributed by atoms with van der Waals surface area (Å²) < 4.78 is 20.1. The Kier molecular flexibility index (Phi) is 4.43. The molecule has 0 amide bonds. The second-order valence-corrected chi connectivity index (χ2v) is 5.15. The van der Waals surface area contributed by atoms with E-state index in [2.05, 4.69) is 21.2 Å². The molecule has 1 aromatic carbocycles. The zero-order chi connectivity index (χ0) is 13.1. The van der Waals surface area contributed by atoms with Crippen LogP contribution in [-0.4, -0.2) is 7.05 Å². The molecule has 2 nitrogen and oxygen atoms in total. The van der Waals surface area contributed by atoms with Gasteiger partial charge in [-0.3, -0.25) is 0 Å². The first-order valence-corrected chi connectivity index (χ1v) is 6.63. The van der Waals surface area contributed by atoms with Crippen LogP contribution in [0.25, 0.3) is 0 Å². The van der Waals surface area contributed by atoms with Crippen molar-refractivity contribution >= 4 is 27.5 Å². The van der Waals surface area contributed by atoms with Gasteiger partial charge in [0.05, 0.1) is 21.8 Å². The third-order valence-electron chi connectivity index (χ3n) is 2.77. The quantitative estimate of drug-likeness (QED) is 0.901. The number of hydrogen-bond acceptors (Lipinski definition) is 2. The molecule has 0 saturated carbocycles. The van der Waals surface area contributed by atoms with Crippen molar-refractivity contribution in [2.24, 2.45) is 0 Å². The largest absolute Gasteiger partial charge is 0.466 e. The zero-order valence-corrected chi connectivity index (χ0v) is 12.1. The first-order chi connectivity index (χ1) is 8.63. The van der Waals surface area contributed by atoms with Gasteiger partial charge in [0.15, 0.2) is 0 Å². The second kappa shape index (κ2) is 5.87.